The fourth-order valence-electron chi connectivity index (χ4n) is 3.69. The normalized spacial score (nSPS) is 11.4. The minimum Gasteiger partial charge on any atom is -0.487 e. The van der Waals surface area contributed by atoms with E-state index in [4.69, 9.17) is 19.5 Å². The fourth-order valence-corrected chi connectivity index (χ4v) is 4.69. The van der Waals surface area contributed by atoms with Crippen molar-refractivity contribution in [1.29, 1.82) is 10.5 Å². The number of nitriles is 2. The van der Waals surface area contributed by atoms with Crippen molar-refractivity contribution in [2.45, 2.75) is 13.0 Å². The number of nitrogens with zero attached hydrogens (tertiary/aromatic N) is 6. The van der Waals surface area contributed by atoms with Crippen LogP contribution < -0.4 is 14.8 Å². The predicted octanol–water partition coefficient (Wildman–Crippen LogP) is 5.21. The maximum absolute atomic E-state index is 14.9. The predicted molar refractivity (Wildman–Crippen MR) is 143 cm³/mol. The maximum atomic E-state index is 14.9. The van der Waals surface area contributed by atoms with Crippen LogP contribution in [-0.4, -0.2) is 45.8 Å². The standard InChI is InChI=1S/C27H18FN7O4S/c1-14(39-27(36)33-17-4-3-16(10-30)31-11-17)13-38-22-8-23-20(7-19(22)28)35-26(40-23)18-5-15(9-29)6-21-25(18)32-12-24(34-21)37-2/h3-8,11-12,14H,13H2,1-2H3,(H,33,36)/t14-/m1/s1. The van der Waals surface area contributed by atoms with Gasteiger partial charge in [0.1, 0.15) is 29.5 Å². The number of nitrogens with one attached hydrogen (secondary N) is 1. The second-order valence-corrected chi connectivity index (χ2v) is 9.41. The zero-order chi connectivity index (χ0) is 28.2. The van der Waals surface area contributed by atoms with Crippen molar-refractivity contribution in [3.05, 3.63) is 65.9 Å². The van der Waals surface area contributed by atoms with Crippen molar-refractivity contribution >= 4 is 44.4 Å². The van der Waals surface area contributed by atoms with Gasteiger partial charge in [0.2, 0.25) is 5.88 Å². The van der Waals surface area contributed by atoms with Gasteiger partial charge < -0.3 is 14.2 Å². The molecule has 3 aromatic heterocycles. The van der Waals surface area contributed by atoms with Gasteiger partial charge in [-0.2, -0.15) is 10.5 Å². The first-order valence-corrected chi connectivity index (χ1v) is 12.5. The van der Waals surface area contributed by atoms with E-state index in [1.165, 1.54) is 55.1 Å². The lowest BCUT2D eigenvalue weighted by atomic mass is 10.1. The molecule has 11 nitrogen and oxygen atoms in total. The van der Waals surface area contributed by atoms with Crippen molar-refractivity contribution in [3.63, 3.8) is 0 Å². The minimum atomic E-state index is -0.752. The first kappa shape index (κ1) is 26.2. The number of rotatable bonds is 7. The molecule has 198 valence electrons. The Balaban J connectivity index is 1.32. The molecular weight excluding hydrogens is 537 g/mol. The number of amides is 1. The quantitative estimate of drug-likeness (QED) is 0.283. The number of anilines is 1. The molecule has 13 heteroatoms. The second kappa shape index (κ2) is 11.1. The Labute approximate surface area is 230 Å². The van der Waals surface area contributed by atoms with Crippen LogP contribution in [0.25, 0.3) is 31.8 Å². The van der Waals surface area contributed by atoms with E-state index in [0.29, 0.717) is 49.0 Å². The third kappa shape index (κ3) is 5.55. The number of hydrogen-bond donors (Lipinski definition) is 1. The summed E-state index contributed by atoms with van der Waals surface area (Å²) in [6.07, 6.45) is 1.34. The molecule has 5 aromatic rings. The molecule has 5 rings (SSSR count). The van der Waals surface area contributed by atoms with E-state index >= 15 is 0 Å². The Bertz CT molecular complexity index is 1830. The summed E-state index contributed by atoms with van der Waals surface area (Å²) in [5.41, 5.74) is 2.92. The molecule has 0 fully saturated rings. The van der Waals surface area contributed by atoms with Crippen molar-refractivity contribution in [3.8, 4) is 34.3 Å². The number of halogens is 1. The summed E-state index contributed by atoms with van der Waals surface area (Å²) in [7, 11) is 1.48. The highest BCUT2D eigenvalue weighted by Gasteiger charge is 2.18. The highest BCUT2D eigenvalue weighted by atomic mass is 32.1. The lowest BCUT2D eigenvalue weighted by molar-refractivity contribution is 0.0844. The summed E-state index contributed by atoms with van der Waals surface area (Å²) in [6.45, 7) is 1.49. The van der Waals surface area contributed by atoms with E-state index in [1.54, 1.807) is 19.1 Å². The van der Waals surface area contributed by atoms with Gasteiger partial charge in [0, 0.05) is 17.7 Å². The van der Waals surface area contributed by atoms with Gasteiger partial charge in [0.25, 0.3) is 0 Å². The maximum Gasteiger partial charge on any atom is 0.412 e. The van der Waals surface area contributed by atoms with Gasteiger partial charge in [-0.3, -0.25) is 5.32 Å². The van der Waals surface area contributed by atoms with E-state index in [-0.39, 0.29) is 18.1 Å². The molecule has 1 N–H and O–H groups in total. The number of methoxy groups -OCH3 is 1. The zero-order valence-corrected chi connectivity index (χ0v) is 21.8. The summed E-state index contributed by atoms with van der Waals surface area (Å²) in [6, 6.07) is 13.0. The molecule has 0 aliphatic carbocycles. The van der Waals surface area contributed by atoms with Crippen LogP contribution in [0, 0.1) is 28.5 Å². The van der Waals surface area contributed by atoms with Gasteiger partial charge in [-0.05, 0) is 31.2 Å². The van der Waals surface area contributed by atoms with E-state index in [2.05, 4.69) is 31.3 Å². The molecule has 2 aromatic carbocycles. The highest BCUT2D eigenvalue weighted by Crippen LogP contribution is 2.37. The highest BCUT2D eigenvalue weighted by molar-refractivity contribution is 7.21. The van der Waals surface area contributed by atoms with Gasteiger partial charge in [-0.15, -0.1) is 11.3 Å². The molecule has 0 saturated carbocycles. The summed E-state index contributed by atoms with van der Waals surface area (Å²) in [4.78, 5) is 29.4. The molecular formula is C27H18FN7O4S. The minimum absolute atomic E-state index is 0.0324. The average Bonchev–Trinajstić information content (AvgIpc) is 3.37. The monoisotopic (exact) mass is 555 g/mol. The molecule has 0 bridgehead atoms. The molecule has 0 aliphatic rings. The SMILES string of the molecule is COc1cnc2c(-c3nc4cc(F)c(OC[C@@H](C)OC(=O)Nc5ccc(C#N)nc5)cc4s3)cc(C#N)cc2n1. The molecule has 0 radical (unpaired) electrons. The largest absolute Gasteiger partial charge is 0.487 e. The number of carbonyl (C=O) groups excluding carboxylic acids is 1. The summed E-state index contributed by atoms with van der Waals surface area (Å²) < 4.78 is 31.5. The number of aromatic nitrogens is 4. The van der Waals surface area contributed by atoms with Crippen molar-refractivity contribution in [2.75, 3.05) is 19.0 Å². The zero-order valence-electron chi connectivity index (χ0n) is 21.0. The smallest absolute Gasteiger partial charge is 0.412 e. The number of benzene rings is 2. The molecule has 40 heavy (non-hydrogen) atoms. The first-order chi connectivity index (χ1) is 19.4. The molecule has 3 heterocycles. The number of carbonyl (C=O) groups is 1. The Morgan fingerprint density at radius 3 is 2.67 bits per heavy atom. The van der Waals surface area contributed by atoms with E-state index in [0.717, 1.165) is 0 Å². The first-order valence-electron chi connectivity index (χ1n) is 11.7. The van der Waals surface area contributed by atoms with Crippen LogP contribution in [0.15, 0.2) is 48.8 Å². The van der Waals surface area contributed by atoms with Crippen LogP contribution in [-0.2, 0) is 4.74 Å². The Kier molecular flexibility index (Phi) is 7.31. The topological polar surface area (TPSA) is 156 Å². The lowest BCUT2D eigenvalue weighted by Gasteiger charge is -2.15. The molecule has 1 amide bonds. The van der Waals surface area contributed by atoms with Gasteiger partial charge in [0.05, 0.1) is 58.1 Å². The molecule has 1 atom stereocenters. The molecule has 0 spiro atoms. The van der Waals surface area contributed by atoms with Crippen molar-refractivity contribution in [1.82, 2.24) is 19.9 Å². The van der Waals surface area contributed by atoms with Crippen LogP contribution in [0.5, 0.6) is 11.6 Å². The lowest BCUT2D eigenvalue weighted by Crippen LogP contribution is -2.25. The van der Waals surface area contributed by atoms with Crippen LogP contribution >= 0.6 is 11.3 Å². The summed E-state index contributed by atoms with van der Waals surface area (Å²) in [5, 5.41) is 21.3. The Morgan fingerprint density at radius 1 is 1.10 bits per heavy atom. The third-order valence-corrected chi connectivity index (χ3v) is 6.59. The summed E-state index contributed by atoms with van der Waals surface area (Å²) in [5.74, 6) is -0.358. The van der Waals surface area contributed by atoms with Gasteiger partial charge in [-0.25, -0.2) is 29.1 Å². The van der Waals surface area contributed by atoms with E-state index in [1.807, 2.05) is 6.07 Å². The number of ether oxygens (including phenoxy) is 3. The molecule has 0 saturated heterocycles. The van der Waals surface area contributed by atoms with Crippen LogP contribution in [0.4, 0.5) is 14.9 Å². The second-order valence-electron chi connectivity index (χ2n) is 8.38. The van der Waals surface area contributed by atoms with Gasteiger partial charge >= 0.3 is 6.09 Å². The van der Waals surface area contributed by atoms with Gasteiger partial charge in [0.15, 0.2) is 11.6 Å². The number of pyridine rings is 1. The van der Waals surface area contributed by atoms with Crippen LogP contribution in [0.1, 0.15) is 18.2 Å². The van der Waals surface area contributed by atoms with Crippen LogP contribution in [0.2, 0.25) is 0 Å². The molecule has 0 aliphatic heterocycles. The summed E-state index contributed by atoms with van der Waals surface area (Å²) >= 11 is 1.28. The van der Waals surface area contributed by atoms with E-state index in [9.17, 15) is 14.4 Å². The fraction of sp³-hybridized carbons (Fsp3) is 0.148. The van der Waals surface area contributed by atoms with Crippen molar-refractivity contribution < 1.29 is 23.4 Å². The molecule has 0 unspecified atom stereocenters. The van der Waals surface area contributed by atoms with Crippen LogP contribution in [0.3, 0.4) is 0 Å². The van der Waals surface area contributed by atoms with Crippen molar-refractivity contribution in [2.24, 2.45) is 0 Å². The third-order valence-electron chi connectivity index (χ3n) is 5.54. The number of thiazole rings is 1. The number of hydrogen-bond acceptors (Lipinski definition) is 11. The number of fused-ring (bicyclic) bond motifs is 2. The van der Waals surface area contributed by atoms with E-state index < -0.39 is 18.0 Å². The Hall–Kier alpha value is -5.40. The van der Waals surface area contributed by atoms with Gasteiger partial charge in [-0.1, -0.05) is 0 Å². The Morgan fingerprint density at radius 2 is 1.95 bits per heavy atom. The average molecular weight is 556 g/mol.